The van der Waals surface area contributed by atoms with E-state index in [1.165, 1.54) is 4.90 Å². The van der Waals surface area contributed by atoms with Crippen molar-refractivity contribution in [2.24, 2.45) is 10.9 Å². The second-order valence-electron chi connectivity index (χ2n) is 5.06. The number of thioether (sulfide) groups is 1. The molecule has 0 aliphatic carbocycles. The van der Waals surface area contributed by atoms with Gasteiger partial charge in [-0.2, -0.15) is 0 Å². The smallest absolute Gasteiger partial charge is 0.191 e. The van der Waals surface area contributed by atoms with Gasteiger partial charge >= 0.3 is 0 Å². The number of nitrogens with zero attached hydrogens (tertiary/aromatic N) is 1. The molecule has 0 aromatic heterocycles. The highest BCUT2D eigenvalue weighted by molar-refractivity contribution is 14.0. The van der Waals surface area contributed by atoms with Gasteiger partial charge in [-0.3, -0.25) is 4.99 Å². The lowest BCUT2D eigenvalue weighted by Gasteiger charge is -2.12. The molecule has 0 heterocycles. The largest absolute Gasteiger partial charge is 0.379 e. The van der Waals surface area contributed by atoms with Gasteiger partial charge in [0.2, 0.25) is 0 Å². The Bertz CT molecular complexity index is 402. The minimum absolute atomic E-state index is 0. The summed E-state index contributed by atoms with van der Waals surface area (Å²) in [6, 6.07) is 10.4. The van der Waals surface area contributed by atoms with Gasteiger partial charge in [0.25, 0.3) is 0 Å². The van der Waals surface area contributed by atoms with Gasteiger partial charge < -0.3 is 15.4 Å². The predicted octanol–water partition coefficient (Wildman–Crippen LogP) is 3.23. The highest BCUT2D eigenvalue weighted by Gasteiger charge is 1.98. The molecule has 0 bridgehead atoms. The number of benzene rings is 1. The lowest BCUT2D eigenvalue weighted by molar-refractivity contribution is 0.114. The number of hydrogen-bond acceptors (Lipinski definition) is 3. The summed E-state index contributed by atoms with van der Waals surface area (Å²) in [5.41, 5.74) is 0. The Hall–Kier alpha value is -0.470. The van der Waals surface area contributed by atoms with Crippen LogP contribution in [-0.2, 0) is 4.74 Å². The molecule has 4 nitrogen and oxygen atoms in total. The van der Waals surface area contributed by atoms with E-state index in [0.717, 1.165) is 31.4 Å². The van der Waals surface area contributed by atoms with Gasteiger partial charge in [0.1, 0.15) is 0 Å². The van der Waals surface area contributed by atoms with Crippen LogP contribution < -0.4 is 10.6 Å². The third kappa shape index (κ3) is 11.1. The lowest BCUT2D eigenvalue weighted by Crippen LogP contribution is -2.40. The Kier molecular flexibility index (Phi) is 13.8. The highest BCUT2D eigenvalue weighted by atomic mass is 127. The first kappa shape index (κ1) is 21.5. The fraction of sp³-hybridized carbons (Fsp3) is 0.562. The molecular formula is C16H28IN3OS. The molecule has 0 atom stereocenters. The van der Waals surface area contributed by atoms with Crippen LogP contribution in [0, 0.1) is 5.92 Å². The van der Waals surface area contributed by atoms with Crippen molar-refractivity contribution in [3.63, 3.8) is 0 Å². The van der Waals surface area contributed by atoms with Crippen LogP contribution in [0.2, 0.25) is 0 Å². The van der Waals surface area contributed by atoms with Gasteiger partial charge in [-0.05, 0) is 18.1 Å². The standard InChI is InChI=1S/C16H27N3OS.HI/c1-14(2)13-20-11-9-18-16(17-3)19-10-12-21-15-7-5-4-6-8-15;/h4-8,14H,9-13H2,1-3H3,(H2,17,18,19);1H. The first-order valence-corrected chi connectivity index (χ1v) is 8.41. The van der Waals surface area contributed by atoms with E-state index in [0.29, 0.717) is 12.5 Å². The molecule has 22 heavy (non-hydrogen) atoms. The second-order valence-corrected chi connectivity index (χ2v) is 6.22. The monoisotopic (exact) mass is 437 g/mol. The zero-order valence-electron chi connectivity index (χ0n) is 13.7. The van der Waals surface area contributed by atoms with Crippen LogP contribution in [0.4, 0.5) is 0 Å². The molecule has 0 fully saturated rings. The lowest BCUT2D eigenvalue weighted by atomic mass is 10.2. The summed E-state index contributed by atoms with van der Waals surface area (Å²) in [5.74, 6) is 2.42. The maximum absolute atomic E-state index is 5.52. The van der Waals surface area contributed by atoms with E-state index in [2.05, 4.69) is 53.7 Å². The van der Waals surface area contributed by atoms with Crippen LogP contribution in [0.25, 0.3) is 0 Å². The average Bonchev–Trinajstić information content (AvgIpc) is 2.49. The SMILES string of the molecule is CN=C(NCCOCC(C)C)NCCSc1ccccc1.I. The Labute approximate surface area is 155 Å². The zero-order valence-corrected chi connectivity index (χ0v) is 16.8. The fourth-order valence-electron chi connectivity index (χ4n) is 1.64. The van der Waals surface area contributed by atoms with Gasteiger partial charge in [0.15, 0.2) is 5.96 Å². The maximum atomic E-state index is 5.52. The molecule has 1 aromatic carbocycles. The molecule has 2 N–H and O–H groups in total. The van der Waals surface area contributed by atoms with Crippen LogP contribution in [-0.4, -0.2) is 45.1 Å². The van der Waals surface area contributed by atoms with Crippen molar-refractivity contribution < 1.29 is 4.74 Å². The average molecular weight is 437 g/mol. The molecule has 0 saturated heterocycles. The van der Waals surface area contributed by atoms with E-state index in [1.54, 1.807) is 7.05 Å². The third-order valence-electron chi connectivity index (χ3n) is 2.62. The van der Waals surface area contributed by atoms with E-state index >= 15 is 0 Å². The van der Waals surface area contributed by atoms with Gasteiger partial charge in [0.05, 0.1) is 6.61 Å². The molecule has 126 valence electrons. The van der Waals surface area contributed by atoms with Crippen LogP contribution in [0.15, 0.2) is 40.2 Å². The summed E-state index contributed by atoms with van der Waals surface area (Å²) in [6.07, 6.45) is 0. The van der Waals surface area contributed by atoms with Crippen LogP contribution in [0.3, 0.4) is 0 Å². The Morgan fingerprint density at radius 1 is 1.18 bits per heavy atom. The van der Waals surface area contributed by atoms with E-state index in [-0.39, 0.29) is 24.0 Å². The number of nitrogens with one attached hydrogen (secondary N) is 2. The number of halogens is 1. The Balaban J connectivity index is 0.00000441. The zero-order chi connectivity index (χ0) is 15.3. The number of aliphatic imine (C=N–C) groups is 1. The highest BCUT2D eigenvalue weighted by Crippen LogP contribution is 2.15. The molecule has 0 saturated carbocycles. The van der Waals surface area contributed by atoms with E-state index in [4.69, 9.17) is 4.74 Å². The quantitative estimate of drug-likeness (QED) is 0.205. The van der Waals surface area contributed by atoms with Crippen LogP contribution in [0.5, 0.6) is 0 Å². The predicted molar refractivity (Wildman–Crippen MR) is 108 cm³/mol. The van der Waals surface area contributed by atoms with Gasteiger partial charge in [-0.25, -0.2) is 0 Å². The van der Waals surface area contributed by atoms with Crippen molar-refractivity contribution in [1.29, 1.82) is 0 Å². The summed E-state index contributed by atoms with van der Waals surface area (Å²) in [5, 5.41) is 6.55. The summed E-state index contributed by atoms with van der Waals surface area (Å²) in [4.78, 5) is 5.49. The minimum atomic E-state index is 0. The normalized spacial score (nSPS) is 11.2. The summed E-state index contributed by atoms with van der Waals surface area (Å²) < 4.78 is 5.52. The van der Waals surface area contributed by atoms with Gasteiger partial charge in [0, 0.05) is 37.4 Å². The second kappa shape index (κ2) is 14.1. The van der Waals surface area contributed by atoms with E-state index < -0.39 is 0 Å². The van der Waals surface area contributed by atoms with Gasteiger partial charge in [-0.15, -0.1) is 35.7 Å². The van der Waals surface area contributed by atoms with Gasteiger partial charge in [-0.1, -0.05) is 32.0 Å². The number of hydrogen-bond donors (Lipinski definition) is 2. The number of guanidine groups is 1. The first-order valence-electron chi connectivity index (χ1n) is 7.42. The van der Waals surface area contributed by atoms with Crippen molar-refractivity contribution in [2.75, 3.05) is 39.1 Å². The molecule has 0 spiro atoms. The number of rotatable bonds is 9. The van der Waals surface area contributed by atoms with Crippen molar-refractivity contribution >= 4 is 41.7 Å². The fourth-order valence-corrected chi connectivity index (χ4v) is 2.43. The molecule has 0 aliphatic rings. The Morgan fingerprint density at radius 2 is 1.86 bits per heavy atom. The maximum Gasteiger partial charge on any atom is 0.191 e. The molecular weight excluding hydrogens is 409 g/mol. The van der Waals surface area contributed by atoms with Crippen LogP contribution in [0.1, 0.15) is 13.8 Å². The Morgan fingerprint density at radius 3 is 2.50 bits per heavy atom. The number of ether oxygens (including phenoxy) is 1. The van der Waals surface area contributed by atoms with E-state index in [1.807, 2.05) is 17.8 Å². The molecule has 1 rings (SSSR count). The molecule has 6 heteroatoms. The van der Waals surface area contributed by atoms with Crippen LogP contribution >= 0.6 is 35.7 Å². The van der Waals surface area contributed by atoms with Crippen molar-refractivity contribution in [2.45, 2.75) is 18.7 Å². The third-order valence-corrected chi connectivity index (χ3v) is 3.63. The van der Waals surface area contributed by atoms with E-state index in [9.17, 15) is 0 Å². The summed E-state index contributed by atoms with van der Waals surface area (Å²) >= 11 is 1.84. The summed E-state index contributed by atoms with van der Waals surface area (Å²) in [6.45, 7) is 7.47. The van der Waals surface area contributed by atoms with Crippen molar-refractivity contribution in [1.82, 2.24) is 10.6 Å². The topological polar surface area (TPSA) is 45.7 Å². The van der Waals surface area contributed by atoms with Crippen molar-refractivity contribution in [3.05, 3.63) is 30.3 Å². The molecule has 0 unspecified atom stereocenters. The summed E-state index contributed by atoms with van der Waals surface area (Å²) in [7, 11) is 1.79. The minimum Gasteiger partial charge on any atom is -0.379 e. The molecule has 0 aliphatic heterocycles. The first-order chi connectivity index (χ1) is 10.2. The molecule has 1 aromatic rings. The molecule has 0 radical (unpaired) electrons. The van der Waals surface area contributed by atoms with Crippen molar-refractivity contribution in [3.8, 4) is 0 Å². The molecule has 0 amide bonds.